The van der Waals surface area contributed by atoms with E-state index in [2.05, 4.69) is 29.5 Å². The van der Waals surface area contributed by atoms with Crippen molar-refractivity contribution >= 4 is 17.9 Å². The zero-order chi connectivity index (χ0) is 20.3. The van der Waals surface area contributed by atoms with E-state index in [1.165, 1.54) is 0 Å². The second-order valence-corrected chi connectivity index (χ2v) is 9.31. The quantitative estimate of drug-likeness (QED) is 0.779. The molecule has 0 fully saturated rings. The van der Waals surface area contributed by atoms with Crippen LogP contribution in [0.3, 0.4) is 0 Å². The van der Waals surface area contributed by atoms with E-state index < -0.39 is 23.8 Å². The third-order valence-corrected chi connectivity index (χ3v) is 3.46. The van der Waals surface area contributed by atoms with E-state index in [1.807, 2.05) is 20.8 Å². The largest absolute Gasteiger partial charge is 0.464 e. The van der Waals surface area contributed by atoms with Crippen LogP contribution in [-0.2, 0) is 14.3 Å². The average Bonchev–Trinajstić information content (AvgIpc) is 2.77. The fourth-order valence-corrected chi connectivity index (χ4v) is 2.56. The Kier molecular flexibility index (Phi) is 7.08. The number of hydrogen-bond donors (Lipinski definition) is 2. The molecule has 7 heteroatoms. The molecule has 0 saturated carbocycles. The minimum Gasteiger partial charge on any atom is -0.464 e. The van der Waals surface area contributed by atoms with Gasteiger partial charge in [0.15, 0.2) is 0 Å². The lowest BCUT2D eigenvalue weighted by atomic mass is 9.98. The van der Waals surface area contributed by atoms with E-state index in [-0.39, 0.29) is 17.5 Å². The van der Waals surface area contributed by atoms with Crippen LogP contribution in [0, 0.1) is 5.92 Å². The van der Waals surface area contributed by atoms with Crippen LogP contribution in [0.5, 0.6) is 0 Å². The van der Waals surface area contributed by atoms with Gasteiger partial charge in [-0.3, -0.25) is 4.79 Å². The van der Waals surface area contributed by atoms with Crippen LogP contribution in [0.25, 0.3) is 0 Å². The predicted molar refractivity (Wildman–Crippen MR) is 102 cm³/mol. The van der Waals surface area contributed by atoms with E-state index in [1.54, 1.807) is 27.7 Å². The molecular formula is C19H35N3O4. The van der Waals surface area contributed by atoms with E-state index in [0.717, 1.165) is 6.42 Å². The highest BCUT2D eigenvalue weighted by molar-refractivity contribution is 5.92. The van der Waals surface area contributed by atoms with Crippen molar-refractivity contribution in [1.82, 2.24) is 10.6 Å². The summed E-state index contributed by atoms with van der Waals surface area (Å²) in [7, 11) is 0. The Balaban J connectivity index is 2.82. The Labute approximate surface area is 157 Å². The minimum absolute atomic E-state index is 0.189. The Morgan fingerprint density at radius 1 is 1.15 bits per heavy atom. The standard InChI is InChI=1S/C19H35N3O4/c1-11(2)10-13-14(15(23)22-18(4,5)6)25-16(21-13)12(3)20-17(24)26-19(7,8)9/h11-14H,10H2,1-9H3,(H,20,24)(H,22,23)/t12-,13+,14?/m0/s1. The van der Waals surface area contributed by atoms with Crippen LogP contribution in [0.4, 0.5) is 4.79 Å². The molecule has 7 nitrogen and oxygen atoms in total. The van der Waals surface area contributed by atoms with Gasteiger partial charge in [0.2, 0.25) is 12.0 Å². The molecule has 1 rings (SSSR count). The summed E-state index contributed by atoms with van der Waals surface area (Å²) in [5.74, 6) is 0.535. The molecule has 1 heterocycles. The highest BCUT2D eigenvalue weighted by atomic mass is 16.6. The molecule has 0 saturated heterocycles. The number of rotatable bonds is 5. The molecule has 26 heavy (non-hydrogen) atoms. The van der Waals surface area contributed by atoms with Gasteiger partial charge in [0.05, 0.1) is 6.04 Å². The van der Waals surface area contributed by atoms with Crippen molar-refractivity contribution in [1.29, 1.82) is 0 Å². The number of carbonyl (C=O) groups is 2. The molecule has 2 amide bonds. The molecule has 0 aliphatic carbocycles. The molecule has 1 unspecified atom stereocenters. The zero-order valence-corrected chi connectivity index (χ0v) is 17.6. The second kappa shape index (κ2) is 8.27. The van der Waals surface area contributed by atoms with E-state index in [9.17, 15) is 9.59 Å². The number of amides is 2. The number of ether oxygens (including phenoxy) is 2. The Bertz CT molecular complexity index is 544. The van der Waals surface area contributed by atoms with Crippen LogP contribution in [0.2, 0.25) is 0 Å². The lowest BCUT2D eigenvalue weighted by Gasteiger charge is -2.25. The molecule has 3 atom stereocenters. The average molecular weight is 370 g/mol. The van der Waals surface area contributed by atoms with Gasteiger partial charge >= 0.3 is 6.09 Å². The first-order valence-electron chi connectivity index (χ1n) is 9.24. The van der Waals surface area contributed by atoms with Gasteiger partial charge in [-0.1, -0.05) is 13.8 Å². The first-order valence-corrected chi connectivity index (χ1v) is 9.24. The summed E-state index contributed by atoms with van der Waals surface area (Å²) < 4.78 is 11.1. The summed E-state index contributed by atoms with van der Waals surface area (Å²) in [5.41, 5.74) is -0.941. The van der Waals surface area contributed by atoms with Crippen molar-refractivity contribution in [2.45, 2.75) is 98.1 Å². The molecule has 0 radical (unpaired) electrons. The van der Waals surface area contributed by atoms with Gasteiger partial charge in [-0.05, 0) is 60.8 Å². The van der Waals surface area contributed by atoms with E-state index in [0.29, 0.717) is 11.8 Å². The third kappa shape index (κ3) is 7.62. The molecular weight excluding hydrogens is 334 g/mol. The summed E-state index contributed by atoms with van der Waals surface area (Å²) >= 11 is 0. The number of nitrogens with zero attached hydrogens (tertiary/aromatic N) is 1. The fourth-order valence-electron chi connectivity index (χ4n) is 2.56. The lowest BCUT2D eigenvalue weighted by Crippen LogP contribution is -2.49. The molecule has 0 aromatic heterocycles. The topological polar surface area (TPSA) is 89.0 Å². The lowest BCUT2D eigenvalue weighted by molar-refractivity contribution is -0.130. The minimum atomic E-state index is -0.686. The summed E-state index contributed by atoms with van der Waals surface area (Å²) in [5, 5.41) is 5.66. The smallest absolute Gasteiger partial charge is 0.408 e. The molecule has 2 N–H and O–H groups in total. The van der Waals surface area contributed by atoms with Crippen molar-refractivity contribution in [2.24, 2.45) is 10.9 Å². The molecule has 1 aliphatic heterocycles. The monoisotopic (exact) mass is 369 g/mol. The normalized spacial score (nSPS) is 21.7. The van der Waals surface area contributed by atoms with E-state index in [4.69, 9.17) is 9.47 Å². The third-order valence-electron chi connectivity index (χ3n) is 3.46. The van der Waals surface area contributed by atoms with Crippen molar-refractivity contribution in [3.05, 3.63) is 0 Å². The van der Waals surface area contributed by atoms with Crippen LogP contribution in [-0.4, -0.2) is 47.2 Å². The molecule has 150 valence electrons. The summed E-state index contributed by atoms with van der Waals surface area (Å²) in [4.78, 5) is 29.1. The summed E-state index contributed by atoms with van der Waals surface area (Å²) in [6.07, 6.45) is -0.501. The van der Waals surface area contributed by atoms with Gasteiger partial charge in [0.1, 0.15) is 11.6 Å². The Morgan fingerprint density at radius 3 is 2.19 bits per heavy atom. The number of hydrogen-bond acceptors (Lipinski definition) is 5. The highest BCUT2D eigenvalue weighted by Crippen LogP contribution is 2.23. The molecule has 0 aromatic rings. The number of carbonyl (C=O) groups excluding carboxylic acids is 2. The first-order chi connectivity index (χ1) is 11.7. The maximum atomic E-state index is 12.6. The molecule has 0 aromatic carbocycles. The first kappa shape index (κ1) is 22.3. The van der Waals surface area contributed by atoms with E-state index >= 15 is 0 Å². The number of aliphatic imine (C=N–C) groups is 1. The Morgan fingerprint density at radius 2 is 1.73 bits per heavy atom. The zero-order valence-electron chi connectivity index (χ0n) is 17.6. The van der Waals surface area contributed by atoms with Gasteiger partial charge in [-0.15, -0.1) is 0 Å². The highest BCUT2D eigenvalue weighted by Gasteiger charge is 2.40. The van der Waals surface area contributed by atoms with Crippen molar-refractivity contribution in [2.75, 3.05) is 0 Å². The maximum absolute atomic E-state index is 12.6. The van der Waals surface area contributed by atoms with Crippen LogP contribution < -0.4 is 10.6 Å². The molecule has 1 aliphatic rings. The van der Waals surface area contributed by atoms with Crippen LogP contribution >= 0.6 is 0 Å². The number of nitrogens with one attached hydrogen (secondary N) is 2. The fraction of sp³-hybridized carbons (Fsp3) is 0.842. The van der Waals surface area contributed by atoms with Crippen molar-refractivity contribution in [3.8, 4) is 0 Å². The van der Waals surface area contributed by atoms with Crippen LogP contribution in [0.15, 0.2) is 4.99 Å². The Hall–Kier alpha value is -1.79. The summed E-state index contributed by atoms with van der Waals surface area (Å²) in [6, 6.07) is -0.748. The van der Waals surface area contributed by atoms with Gasteiger partial charge < -0.3 is 20.1 Å². The summed E-state index contributed by atoms with van der Waals surface area (Å²) in [6.45, 7) is 17.1. The molecule has 0 spiro atoms. The number of alkyl carbamates (subject to hydrolysis) is 1. The van der Waals surface area contributed by atoms with Gasteiger partial charge in [-0.2, -0.15) is 0 Å². The maximum Gasteiger partial charge on any atom is 0.408 e. The van der Waals surface area contributed by atoms with Gasteiger partial charge in [-0.25, -0.2) is 9.79 Å². The van der Waals surface area contributed by atoms with Crippen molar-refractivity contribution in [3.63, 3.8) is 0 Å². The van der Waals surface area contributed by atoms with Crippen molar-refractivity contribution < 1.29 is 19.1 Å². The van der Waals surface area contributed by atoms with Gasteiger partial charge in [0.25, 0.3) is 5.91 Å². The van der Waals surface area contributed by atoms with Crippen LogP contribution in [0.1, 0.15) is 68.7 Å². The van der Waals surface area contributed by atoms with Gasteiger partial charge in [0, 0.05) is 5.54 Å². The SMILES string of the molecule is CC(C)C[C@H]1N=C([C@H](C)NC(=O)OC(C)(C)C)OC1C(=O)NC(C)(C)C. The second-order valence-electron chi connectivity index (χ2n) is 9.31. The molecule has 0 bridgehead atoms. The predicted octanol–water partition coefficient (Wildman–Crippen LogP) is 3.03.